The molecule has 1 heterocycles. The predicted octanol–water partition coefficient (Wildman–Crippen LogP) is 4.12. The van der Waals surface area contributed by atoms with Gasteiger partial charge in [0, 0.05) is 48.9 Å². The van der Waals surface area contributed by atoms with Crippen molar-refractivity contribution in [2.24, 2.45) is 63.6 Å². The zero-order chi connectivity index (χ0) is 30.9. The van der Waals surface area contributed by atoms with Gasteiger partial charge in [-0.2, -0.15) is 0 Å². The van der Waals surface area contributed by atoms with E-state index in [1.54, 1.807) is 0 Å². The van der Waals surface area contributed by atoms with Gasteiger partial charge in [-0.1, -0.05) is 48.5 Å². The van der Waals surface area contributed by atoms with Crippen molar-refractivity contribution in [2.45, 2.75) is 137 Å². The molecule has 0 aromatic heterocycles. The van der Waals surface area contributed by atoms with Gasteiger partial charge in [-0.3, -0.25) is 9.59 Å². The molecule has 0 bridgehead atoms. The Balaban J connectivity index is 1.46. The summed E-state index contributed by atoms with van der Waals surface area (Å²) in [7, 11) is 0. The number of aliphatic hydroxyl groups is 3. The Hall–Kier alpha value is -1.22. The average Bonchev–Trinajstić information content (AvgIpc) is 3.77. The van der Waals surface area contributed by atoms with Crippen LogP contribution in [-0.2, 0) is 23.8 Å². The van der Waals surface area contributed by atoms with E-state index in [1.807, 2.05) is 0 Å². The zero-order valence-electron chi connectivity index (χ0n) is 27.0. The fourth-order valence-electron chi connectivity index (χ4n) is 12.0. The van der Waals surface area contributed by atoms with E-state index in [0.717, 1.165) is 6.42 Å². The molecule has 5 saturated carbocycles. The van der Waals surface area contributed by atoms with Gasteiger partial charge in [0.1, 0.15) is 23.9 Å². The van der Waals surface area contributed by atoms with E-state index in [9.17, 15) is 24.9 Å². The van der Waals surface area contributed by atoms with Crippen molar-refractivity contribution in [2.75, 3.05) is 0 Å². The molecule has 238 valence electrons. The summed E-state index contributed by atoms with van der Waals surface area (Å²) in [5, 5.41) is 35.1. The van der Waals surface area contributed by atoms with Crippen molar-refractivity contribution in [1.82, 2.24) is 0 Å². The lowest BCUT2D eigenvalue weighted by Gasteiger charge is -2.64. The molecule has 1 spiro atoms. The third-order valence-corrected chi connectivity index (χ3v) is 14.5. The number of hydrogen-bond acceptors (Lipinski definition) is 8. The molecular weight excluding hydrogens is 536 g/mol. The molecule has 3 N–H and O–H groups in total. The number of aliphatic hydroxyl groups excluding tert-OH is 3. The number of hydrogen-bond donors (Lipinski definition) is 3. The molecule has 0 amide bonds. The minimum atomic E-state index is -1.02. The van der Waals surface area contributed by atoms with Crippen molar-refractivity contribution >= 4 is 11.9 Å². The molecule has 17 atom stereocenters. The molecule has 42 heavy (non-hydrogen) atoms. The number of carbonyl (C=O) groups is 2. The van der Waals surface area contributed by atoms with Crippen molar-refractivity contribution < 1.29 is 39.1 Å². The molecule has 6 rings (SSSR count). The molecule has 6 aliphatic rings. The molecule has 1 saturated heterocycles. The van der Waals surface area contributed by atoms with Gasteiger partial charge in [-0.05, 0) is 60.7 Å². The maximum absolute atomic E-state index is 12.7. The maximum atomic E-state index is 12.7. The molecule has 8 heteroatoms. The summed E-state index contributed by atoms with van der Waals surface area (Å²) in [6.45, 7) is 18.7. The van der Waals surface area contributed by atoms with Crippen molar-refractivity contribution in [3.63, 3.8) is 0 Å². The highest BCUT2D eigenvalue weighted by molar-refractivity contribution is 5.67. The Labute approximate surface area is 251 Å². The summed E-state index contributed by atoms with van der Waals surface area (Å²) in [5.41, 5.74) is -1.78. The van der Waals surface area contributed by atoms with E-state index < -0.39 is 70.9 Å². The lowest BCUT2D eigenvalue weighted by atomic mass is 9.42. The van der Waals surface area contributed by atoms with E-state index in [0.29, 0.717) is 43.4 Å². The minimum Gasteiger partial charge on any atom is -0.462 e. The van der Waals surface area contributed by atoms with E-state index in [4.69, 9.17) is 14.2 Å². The first kappa shape index (κ1) is 30.8. The first-order valence-electron chi connectivity index (χ1n) is 16.5. The summed E-state index contributed by atoms with van der Waals surface area (Å²) >= 11 is 0. The van der Waals surface area contributed by atoms with Crippen LogP contribution in [0.4, 0.5) is 0 Å². The SMILES string of the molecule is CC(=O)OC1CC(C(C)C2CC2(C)C(C)C(C)C)C2(C)C(OC(C)=O)C(O)C3C(C(O)C4OC45CC(O)CCC35C)C12. The molecule has 17 unspecified atom stereocenters. The van der Waals surface area contributed by atoms with Crippen molar-refractivity contribution in [1.29, 1.82) is 0 Å². The fourth-order valence-corrected chi connectivity index (χ4v) is 12.0. The van der Waals surface area contributed by atoms with Gasteiger partial charge < -0.3 is 29.5 Å². The van der Waals surface area contributed by atoms with Gasteiger partial charge in [0.2, 0.25) is 0 Å². The van der Waals surface area contributed by atoms with Crippen LogP contribution in [0.15, 0.2) is 0 Å². The number of epoxide rings is 1. The standard InChI is InChI=1S/C34H54O8/c1-15(2)17(4)31(7)14-22(31)16(3)21-12-23(40-18(5)35)25-24-26(28(39)29(33(21,25)9)41-19(6)36)32(8)11-10-20(37)13-34(32)30(42-34)27(24)38/h15-17,20-30,37-39H,10-14H2,1-9H3. The van der Waals surface area contributed by atoms with Crippen LogP contribution in [0.25, 0.3) is 0 Å². The lowest BCUT2D eigenvalue weighted by Crippen LogP contribution is -2.72. The van der Waals surface area contributed by atoms with Gasteiger partial charge in [0.15, 0.2) is 0 Å². The van der Waals surface area contributed by atoms with E-state index >= 15 is 0 Å². The van der Waals surface area contributed by atoms with Crippen LogP contribution in [0, 0.1) is 63.6 Å². The van der Waals surface area contributed by atoms with Crippen molar-refractivity contribution in [3.05, 3.63) is 0 Å². The summed E-state index contributed by atoms with van der Waals surface area (Å²) in [6, 6.07) is 0. The van der Waals surface area contributed by atoms with Crippen LogP contribution >= 0.6 is 0 Å². The Bertz CT molecular complexity index is 1120. The van der Waals surface area contributed by atoms with Gasteiger partial charge in [0.05, 0.1) is 18.3 Å². The number of esters is 2. The Kier molecular flexibility index (Phi) is 7.07. The molecule has 5 aliphatic carbocycles. The highest BCUT2D eigenvalue weighted by Crippen LogP contribution is 2.76. The van der Waals surface area contributed by atoms with Crippen LogP contribution in [0.1, 0.15) is 94.4 Å². The van der Waals surface area contributed by atoms with E-state index in [2.05, 4.69) is 48.5 Å². The van der Waals surface area contributed by atoms with Crippen molar-refractivity contribution in [3.8, 4) is 0 Å². The molecule has 1 aliphatic heterocycles. The van der Waals surface area contributed by atoms with E-state index in [-0.39, 0.29) is 29.1 Å². The largest absolute Gasteiger partial charge is 0.462 e. The summed E-state index contributed by atoms with van der Waals surface area (Å²) in [4.78, 5) is 25.3. The topological polar surface area (TPSA) is 126 Å². The Morgan fingerprint density at radius 1 is 0.881 bits per heavy atom. The zero-order valence-corrected chi connectivity index (χ0v) is 27.0. The normalized spacial score (nSPS) is 55.4. The molecular formula is C34H54O8. The first-order valence-corrected chi connectivity index (χ1v) is 16.5. The fraction of sp³-hybridized carbons (Fsp3) is 0.941. The Morgan fingerprint density at radius 3 is 2.12 bits per heavy atom. The minimum absolute atomic E-state index is 0.0120. The second-order valence-corrected chi connectivity index (χ2v) is 16.4. The smallest absolute Gasteiger partial charge is 0.303 e. The highest BCUT2D eigenvalue weighted by Gasteiger charge is 2.83. The average molecular weight is 591 g/mol. The van der Waals surface area contributed by atoms with Gasteiger partial charge in [-0.15, -0.1) is 0 Å². The Morgan fingerprint density at radius 2 is 1.52 bits per heavy atom. The molecule has 0 radical (unpaired) electrons. The van der Waals surface area contributed by atoms with Gasteiger partial charge in [0.25, 0.3) is 0 Å². The predicted molar refractivity (Wildman–Crippen MR) is 155 cm³/mol. The second-order valence-electron chi connectivity index (χ2n) is 16.4. The molecule has 0 aromatic carbocycles. The van der Waals surface area contributed by atoms with Crippen LogP contribution in [0.3, 0.4) is 0 Å². The number of carbonyl (C=O) groups excluding carboxylic acids is 2. The van der Waals surface area contributed by atoms with Crippen LogP contribution in [0.2, 0.25) is 0 Å². The summed E-state index contributed by atoms with van der Waals surface area (Å²) in [5.74, 6) is -0.144. The third-order valence-electron chi connectivity index (χ3n) is 14.5. The highest BCUT2D eigenvalue weighted by atomic mass is 16.6. The lowest BCUT2D eigenvalue weighted by molar-refractivity contribution is -0.258. The molecule has 6 fully saturated rings. The second kappa shape index (κ2) is 9.64. The van der Waals surface area contributed by atoms with E-state index in [1.165, 1.54) is 13.8 Å². The number of ether oxygens (including phenoxy) is 3. The number of rotatable bonds is 6. The van der Waals surface area contributed by atoms with Crippen LogP contribution < -0.4 is 0 Å². The molecule has 0 aromatic rings. The summed E-state index contributed by atoms with van der Waals surface area (Å²) < 4.78 is 18.7. The monoisotopic (exact) mass is 590 g/mol. The maximum Gasteiger partial charge on any atom is 0.303 e. The van der Waals surface area contributed by atoms with Crippen LogP contribution in [0.5, 0.6) is 0 Å². The van der Waals surface area contributed by atoms with Gasteiger partial charge >= 0.3 is 11.9 Å². The quantitative estimate of drug-likeness (QED) is 0.312. The molecule has 8 nitrogen and oxygen atoms in total. The number of fused-ring (bicyclic) bond motifs is 4. The van der Waals surface area contributed by atoms with Gasteiger partial charge in [-0.25, -0.2) is 0 Å². The third kappa shape index (κ3) is 3.92. The summed E-state index contributed by atoms with van der Waals surface area (Å²) in [6.07, 6.45) is -0.777. The van der Waals surface area contributed by atoms with Crippen LogP contribution in [-0.4, -0.2) is 69.5 Å². The first-order chi connectivity index (χ1) is 19.5.